The molecule has 9 rings (SSSR count). The van der Waals surface area contributed by atoms with Gasteiger partial charge in [-0.1, -0.05) is 109 Å². The predicted octanol–water partition coefficient (Wildman–Crippen LogP) is 8.95. The summed E-state index contributed by atoms with van der Waals surface area (Å²) in [5.74, 6) is 0.665. The summed E-state index contributed by atoms with van der Waals surface area (Å²) >= 11 is 0. The molecule has 0 amide bonds. The van der Waals surface area contributed by atoms with Gasteiger partial charge in [0, 0.05) is 32.5 Å². The normalized spacial score (nSPS) is 12.0. The van der Waals surface area contributed by atoms with Gasteiger partial charge in [-0.2, -0.15) is 0 Å². The Morgan fingerprint density at radius 2 is 1.12 bits per heavy atom. The van der Waals surface area contributed by atoms with Gasteiger partial charge in [-0.3, -0.25) is 8.97 Å². The summed E-state index contributed by atoms with van der Waals surface area (Å²) < 4.78 is 4.66. The maximum absolute atomic E-state index is 5.30. The molecule has 0 aliphatic rings. The molecule has 0 radical (unpaired) electrons. The summed E-state index contributed by atoms with van der Waals surface area (Å²) in [5, 5.41) is 7.11. The lowest BCUT2D eigenvalue weighted by molar-refractivity contribution is 0.992. The maximum atomic E-state index is 5.30. The van der Waals surface area contributed by atoms with Crippen molar-refractivity contribution in [3.05, 3.63) is 133 Å². The minimum atomic E-state index is 0.665. The first-order valence-electron chi connectivity index (χ1n) is 13.5. The van der Waals surface area contributed by atoms with Crippen LogP contribution in [0.1, 0.15) is 0 Å². The average molecular weight is 511 g/mol. The molecule has 40 heavy (non-hydrogen) atoms. The molecule has 0 atom stereocenters. The second-order valence-electron chi connectivity index (χ2n) is 10.3. The number of rotatable bonds is 2. The molecule has 0 aliphatic carbocycles. The average Bonchev–Trinajstić information content (AvgIpc) is 3.58. The fourth-order valence-corrected chi connectivity index (χ4v) is 6.39. The number of hydrogen-bond acceptors (Lipinski definition) is 2. The minimum absolute atomic E-state index is 0.665. The summed E-state index contributed by atoms with van der Waals surface area (Å²) in [5.41, 5.74) is 7.43. The van der Waals surface area contributed by atoms with Gasteiger partial charge in [-0.25, -0.2) is 9.97 Å². The molecule has 0 aliphatic heterocycles. The first kappa shape index (κ1) is 21.5. The van der Waals surface area contributed by atoms with Crippen LogP contribution in [0.3, 0.4) is 0 Å². The third-order valence-electron chi connectivity index (χ3n) is 8.08. The Morgan fingerprint density at radius 3 is 1.98 bits per heavy atom. The summed E-state index contributed by atoms with van der Waals surface area (Å²) in [6, 6.07) is 47.0. The highest BCUT2D eigenvalue weighted by atomic mass is 15.2. The van der Waals surface area contributed by atoms with Crippen molar-refractivity contribution in [3.63, 3.8) is 0 Å². The van der Waals surface area contributed by atoms with Gasteiger partial charge >= 0.3 is 0 Å². The van der Waals surface area contributed by atoms with Gasteiger partial charge in [0.1, 0.15) is 5.65 Å². The molecule has 4 heterocycles. The zero-order valence-corrected chi connectivity index (χ0v) is 21.5. The minimum Gasteiger partial charge on any atom is -0.294 e. The van der Waals surface area contributed by atoms with E-state index in [1.165, 1.54) is 38.0 Å². The summed E-state index contributed by atoms with van der Waals surface area (Å²) in [6.07, 6.45) is 0. The number of hydrogen-bond donors (Lipinski definition) is 0. The maximum Gasteiger partial charge on any atom is 0.236 e. The Hall–Kier alpha value is -5.48. The molecule has 4 heteroatoms. The lowest BCUT2D eigenvalue weighted by Gasteiger charge is -2.13. The number of para-hydroxylation sites is 3. The molecule has 0 bridgehead atoms. The van der Waals surface area contributed by atoms with E-state index < -0.39 is 0 Å². The van der Waals surface area contributed by atoms with Gasteiger partial charge in [-0.15, -0.1) is 0 Å². The van der Waals surface area contributed by atoms with E-state index in [-0.39, 0.29) is 0 Å². The van der Waals surface area contributed by atoms with Crippen molar-refractivity contribution in [2.45, 2.75) is 0 Å². The Bertz CT molecular complexity index is 2430. The number of benzene rings is 5. The van der Waals surface area contributed by atoms with Crippen molar-refractivity contribution >= 4 is 60.0 Å². The molecule has 0 spiro atoms. The van der Waals surface area contributed by atoms with E-state index in [0.717, 1.165) is 33.3 Å². The Labute approximate surface area is 229 Å². The van der Waals surface area contributed by atoms with E-state index >= 15 is 0 Å². The number of nitrogens with zero attached hydrogens (tertiary/aromatic N) is 4. The molecule has 0 unspecified atom stereocenters. The van der Waals surface area contributed by atoms with Crippen LogP contribution in [0.15, 0.2) is 133 Å². The molecule has 0 saturated carbocycles. The van der Waals surface area contributed by atoms with Gasteiger partial charge in [0.15, 0.2) is 0 Å². The van der Waals surface area contributed by atoms with Gasteiger partial charge in [0.05, 0.1) is 27.8 Å². The van der Waals surface area contributed by atoms with Crippen LogP contribution in [0.2, 0.25) is 0 Å². The Morgan fingerprint density at radius 1 is 0.475 bits per heavy atom. The van der Waals surface area contributed by atoms with E-state index in [9.17, 15) is 0 Å². The van der Waals surface area contributed by atoms with Crippen LogP contribution in [0.4, 0.5) is 0 Å². The summed E-state index contributed by atoms with van der Waals surface area (Å²) in [7, 11) is 0. The number of pyridine rings is 1. The van der Waals surface area contributed by atoms with E-state index in [1.54, 1.807) is 0 Å². The predicted molar refractivity (Wildman–Crippen MR) is 165 cm³/mol. The van der Waals surface area contributed by atoms with Crippen LogP contribution in [-0.4, -0.2) is 18.9 Å². The molecule has 0 saturated heterocycles. The highest BCUT2D eigenvalue weighted by molar-refractivity contribution is 6.24. The Balaban J connectivity index is 1.55. The molecule has 4 nitrogen and oxygen atoms in total. The van der Waals surface area contributed by atoms with Crippen LogP contribution >= 0.6 is 0 Å². The summed E-state index contributed by atoms with van der Waals surface area (Å²) in [6.45, 7) is 0. The van der Waals surface area contributed by atoms with E-state index in [4.69, 9.17) is 9.97 Å². The highest BCUT2D eigenvalue weighted by Gasteiger charge is 2.22. The fraction of sp³-hybridized carbons (Fsp3) is 0. The van der Waals surface area contributed by atoms with E-state index in [1.807, 2.05) is 12.1 Å². The smallest absolute Gasteiger partial charge is 0.236 e. The van der Waals surface area contributed by atoms with Crippen LogP contribution in [0.5, 0.6) is 0 Å². The van der Waals surface area contributed by atoms with Crippen molar-refractivity contribution < 1.29 is 0 Å². The van der Waals surface area contributed by atoms with Gasteiger partial charge < -0.3 is 0 Å². The van der Waals surface area contributed by atoms with Crippen LogP contribution in [0, 0.1) is 0 Å². The fourth-order valence-electron chi connectivity index (χ4n) is 6.39. The second kappa shape index (κ2) is 8.01. The topological polar surface area (TPSA) is 35.1 Å². The van der Waals surface area contributed by atoms with Crippen molar-refractivity contribution in [3.8, 4) is 17.2 Å². The highest BCUT2D eigenvalue weighted by Crippen LogP contribution is 2.40. The molecular weight excluding hydrogens is 488 g/mol. The molecule has 9 aromatic rings. The second-order valence-corrected chi connectivity index (χ2v) is 10.3. The summed E-state index contributed by atoms with van der Waals surface area (Å²) in [4.78, 5) is 10.5. The first-order valence-corrected chi connectivity index (χ1v) is 13.5. The van der Waals surface area contributed by atoms with Crippen molar-refractivity contribution in [2.75, 3.05) is 0 Å². The van der Waals surface area contributed by atoms with E-state index in [0.29, 0.717) is 5.95 Å². The van der Waals surface area contributed by atoms with Crippen LogP contribution in [0.25, 0.3) is 77.2 Å². The molecular formula is C36H22N4. The largest absolute Gasteiger partial charge is 0.294 e. The third kappa shape index (κ3) is 2.85. The molecule has 0 fully saturated rings. The number of aromatic nitrogens is 4. The Kier molecular flexibility index (Phi) is 4.30. The zero-order chi connectivity index (χ0) is 26.2. The van der Waals surface area contributed by atoms with Crippen molar-refractivity contribution in [1.82, 2.24) is 18.9 Å². The van der Waals surface area contributed by atoms with Gasteiger partial charge in [-0.05, 0) is 29.7 Å². The quantitative estimate of drug-likeness (QED) is 0.233. The van der Waals surface area contributed by atoms with Gasteiger partial charge in [0.2, 0.25) is 5.95 Å². The molecule has 4 aromatic heterocycles. The third-order valence-corrected chi connectivity index (χ3v) is 8.08. The SMILES string of the molecule is c1ccc(-c2nc(-n3c4ccccc4c4c5ccccc5c5cc6ccccc6n5c43)nc3ccccc23)cc1. The lowest BCUT2D eigenvalue weighted by atomic mass is 10.1. The lowest BCUT2D eigenvalue weighted by Crippen LogP contribution is -2.05. The zero-order valence-electron chi connectivity index (χ0n) is 21.5. The van der Waals surface area contributed by atoms with Gasteiger partial charge in [0.25, 0.3) is 0 Å². The van der Waals surface area contributed by atoms with E-state index in [2.05, 4.69) is 130 Å². The first-order chi connectivity index (χ1) is 19.9. The monoisotopic (exact) mass is 510 g/mol. The molecule has 186 valence electrons. The number of fused-ring (bicyclic) bond motifs is 11. The molecule has 5 aromatic carbocycles. The van der Waals surface area contributed by atoms with Crippen LogP contribution in [-0.2, 0) is 0 Å². The van der Waals surface area contributed by atoms with Crippen LogP contribution < -0.4 is 0 Å². The standard InChI is InChI=1S/C36H22N4/c1-2-12-23(13-3-1)34-27-17-7-9-19-29(27)37-36(38-34)40-31-21-11-8-18-28(31)33-26-16-6-5-15-25(26)32-22-24-14-4-10-20-30(24)39(32)35(33)40/h1-22H. The van der Waals surface area contributed by atoms with Crippen molar-refractivity contribution in [1.29, 1.82) is 0 Å². The van der Waals surface area contributed by atoms with Crippen molar-refractivity contribution in [2.24, 2.45) is 0 Å². The molecule has 0 N–H and O–H groups in total.